The minimum Gasteiger partial charge on any atom is -0.520 e. The fraction of sp³-hybridized carbons (Fsp3) is 0.846. The van der Waals surface area contributed by atoms with Gasteiger partial charge in [-0.25, -0.2) is 0 Å². The summed E-state index contributed by atoms with van der Waals surface area (Å²) in [4.78, 5) is 25.8. The summed E-state index contributed by atoms with van der Waals surface area (Å²) in [5.74, 6) is -0.200. The number of likely N-dealkylation sites (tertiary alicyclic amines) is 1. The molecule has 0 atom stereocenters. The van der Waals surface area contributed by atoms with E-state index in [-0.39, 0.29) is 57.4 Å². The zero-order valence-corrected chi connectivity index (χ0v) is 15.9. The average molecular weight is 294 g/mol. The molecule has 1 saturated heterocycles. The van der Waals surface area contributed by atoms with Gasteiger partial charge in [0.25, 0.3) is 0 Å². The van der Waals surface area contributed by atoms with Gasteiger partial charge in [-0.1, -0.05) is 0 Å². The van der Waals surface area contributed by atoms with Crippen molar-refractivity contribution in [3.05, 3.63) is 0 Å². The molecule has 0 aliphatic carbocycles. The molecule has 19 heavy (non-hydrogen) atoms. The van der Waals surface area contributed by atoms with Crippen molar-refractivity contribution in [2.24, 2.45) is 0 Å². The molecule has 1 heterocycles. The van der Waals surface area contributed by atoms with Gasteiger partial charge in [0.05, 0.1) is 6.54 Å². The molecule has 0 aromatic heterocycles. The van der Waals surface area contributed by atoms with Crippen LogP contribution in [0, 0.1) is 0 Å². The maximum absolute atomic E-state index is 11.7. The standard InChI is InChI=1S/C13H23N2O3.K/c1-13(2,3)18-12(17)9-14(4)11-5-7-15(10-16)8-6-11;/h11H,5-9H2,1-4H3;/q-1;+1. The molecule has 0 radical (unpaired) electrons. The van der Waals surface area contributed by atoms with Crippen molar-refractivity contribution >= 4 is 12.4 Å². The zero-order valence-electron chi connectivity index (χ0n) is 12.7. The zero-order chi connectivity index (χ0) is 13.8. The number of hydrogen-bond acceptors (Lipinski definition) is 4. The van der Waals surface area contributed by atoms with E-state index in [0.29, 0.717) is 25.7 Å². The Morgan fingerprint density at radius 3 is 2.32 bits per heavy atom. The Labute approximate surface area is 158 Å². The summed E-state index contributed by atoms with van der Waals surface area (Å²) >= 11 is 0. The third-order valence-electron chi connectivity index (χ3n) is 3.02. The van der Waals surface area contributed by atoms with Crippen molar-refractivity contribution < 1.29 is 65.7 Å². The second-order valence-electron chi connectivity index (χ2n) is 5.81. The average Bonchev–Trinajstić information content (AvgIpc) is 2.26. The molecule has 1 rings (SSSR count). The number of hydrogen-bond donors (Lipinski definition) is 0. The monoisotopic (exact) mass is 294 g/mol. The number of rotatable bonds is 4. The maximum Gasteiger partial charge on any atom is 1.00 e. The second kappa shape index (κ2) is 8.74. The first-order valence-corrected chi connectivity index (χ1v) is 6.36. The van der Waals surface area contributed by atoms with Gasteiger partial charge in [0, 0.05) is 6.04 Å². The summed E-state index contributed by atoms with van der Waals surface area (Å²) in [5, 5.41) is 0. The van der Waals surface area contributed by atoms with E-state index in [9.17, 15) is 9.59 Å². The van der Waals surface area contributed by atoms with Crippen LogP contribution < -0.4 is 51.4 Å². The van der Waals surface area contributed by atoms with Gasteiger partial charge >= 0.3 is 57.4 Å². The third kappa shape index (κ3) is 7.77. The van der Waals surface area contributed by atoms with Crippen LogP contribution in [0.1, 0.15) is 33.6 Å². The normalized spacial score (nSPS) is 17.0. The molecular formula is C13H23KN2O3. The van der Waals surface area contributed by atoms with Gasteiger partial charge in [-0.3, -0.25) is 9.69 Å². The van der Waals surface area contributed by atoms with Crippen molar-refractivity contribution in [1.29, 1.82) is 0 Å². The molecule has 1 aliphatic rings. The fourth-order valence-corrected chi connectivity index (χ4v) is 2.10. The van der Waals surface area contributed by atoms with Crippen LogP contribution in [0.15, 0.2) is 0 Å². The summed E-state index contributed by atoms with van der Waals surface area (Å²) < 4.78 is 5.29. The number of ether oxygens (including phenoxy) is 1. The SMILES string of the molecule is CN(CC(=O)OC(C)(C)C)C1CCN([C-]=O)CC1.[K+]. The molecule has 6 heteroatoms. The minimum atomic E-state index is -0.437. The van der Waals surface area contributed by atoms with Crippen LogP contribution in [0.4, 0.5) is 0 Å². The van der Waals surface area contributed by atoms with Gasteiger partial charge in [-0.2, -0.15) is 6.41 Å². The number of esters is 1. The number of carbonyl (C=O) groups excluding carboxylic acids is 2. The Morgan fingerprint density at radius 2 is 1.89 bits per heavy atom. The van der Waals surface area contributed by atoms with Crippen LogP contribution in [-0.2, 0) is 14.3 Å². The van der Waals surface area contributed by atoms with Crippen molar-refractivity contribution in [2.45, 2.75) is 45.3 Å². The van der Waals surface area contributed by atoms with Crippen molar-refractivity contribution in [3.63, 3.8) is 0 Å². The molecule has 0 aromatic rings. The molecule has 1 fully saturated rings. The van der Waals surface area contributed by atoms with E-state index in [2.05, 4.69) is 0 Å². The first-order valence-electron chi connectivity index (χ1n) is 6.36. The van der Waals surface area contributed by atoms with Gasteiger partial charge in [-0.15, -0.1) is 0 Å². The van der Waals surface area contributed by atoms with Crippen molar-refractivity contribution in [2.75, 3.05) is 26.7 Å². The third-order valence-corrected chi connectivity index (χ3v) is 3.02. The molecular weight excluding hydrogens is 271 g/mol. The molecule has 5 nitrogen and oxygen atoms in total. The Balaban J connectivity index is 0.00000324. The first kappa shape index (κ1) is 19.5. The topological polar surface area (TPSA) is 49.9 Å². The van der Waals surface area contributed by atoms with Crippen molar-refractivity contribution in [1.82, 2.24) is 9.80 Å². The van der Waals surface area contributed by atoms with E-state index in [1.807, 2.05) is 39.1 Å². The van der Waals surface area contributed by atoms with E-state index in [0.717, 1.165) is 12.8 Å². The predicted octanol–water partition coefficient (Wildman–Crippen LogP) is -2.20. The number of carbonyl (C=O) groups is 1. The van der Waals surface area contributed by atoms with Crippen LogP contribution >= 0.6 is 0 Å². The van der Waals surface area contributed by atoms with Gasteiger partial charge < -0.3 is 14.4 Å². The van der Waals surface area contributed by atoms with Gasteiger partial charge in [0.15, 0.2) is 0 Å². The number of likely N-dealkylation sites (N-methyl/N-ethyl adjacent to an activating group) is 1. The van der Waals surface area contributed by atoms with Crippen LogP contribution in [0.3, 0.4) is 0 Å². The fourth-order valence-electron chi connectivity index (χ4n) is 2.10. The van der Waals surface area contributed by atoms with Gasteiger partial charge in [-0.05, 0) is 53.8 Å². The van der Waals surface area contributed by atoms with E-state index in [4.69, 9.17) is 4.74 Å². The summed E-state index contributed by atoms with van der Waals surface area (Å²) in [7, 11) is 1.93. The largest absolute Gasteiger partial charge is 1.00 e. The van der Waals surface area contributed by atoms with E-state index >= 15 is 0 Å². The molecule has 0 aromatic carbocycles. The minimum absolute atomic E-state index is 0. The maximum atomic E-state index is 11.7. The number of nitrogens with zero attached hydrogens (tertiary/aromatic N) is 2. The Bertz CT molecular complexity index is 297. The molecule has 0 saturated carbocycles. The first-order chi connectivity index (χ1) is 8.31. The molecule has 1 amide bonds. The van der Waals surface area contributed by atoms with E-state index < -0.39 is 5.60 Å². The van der Waals surface area contributed by atoms with Crippen LogP contribution in [-0.4, -0.2) is 60.5 Å². The van der Waals surface area contributed by atoms with E-state index in [1.54, 1.807) is 4.90 Å². The number of piperidine rings is 1. The summed E-state index contributed by atoms with van der Waals surface area (Å²) in [6.45, 7) is 7.32. The predicted molar refractivity (Wildman–Crippen MR) is 68.8 cm³/mol. The Morgan fingerprint density at radius 1 is 1.37 bits per heavy atom. The summed E-state index contributed by atoms with van der Waals surface area (Å²) in [6.07, 6.45) is 3.68. The quantitative estimate of drug-likeness (QED) is 0.335. The van der Waals surface area contributed by atoms with Crippen LogP contribution in [0.25, 0.3) is 0 Å². The Hall–Kier alpha value is 0.536. The molecule has 104 valence electrons. The van der Waals surface area contributed by atoms with E-state index in [1.165, 1.54) is 0 Å². The molecule has 0 unspecified atom stereocenters. The van der Waals surface area contributed by atoms with Crippen LogP contribution in [0.5, 0.6) is 0 Å². The molecule has 0 spiro atoms. The smallest absolute Gasteiger partial charge is 0.520 e. The Kier molecular flexibility index (Phi) is 8.99. The van der Waals surface area contributed by atoms with Crippen molar-refractivity contribution in [3.8, 4) is 0 Å². The summed E-state index contributed by atoms with van der Waals surface area (Å²) in [6, 6.07) is 0.335. The molecule has 0 bridgehead atoms. The summed E-state index contributed by atoms with van der Waals surface area (Å²) in [5.41, 5.74) is -0.437. The molecule has 0 N–H and O–H groups in total. The van der Waals surface area contributed by atoms with Crippen LogP contribution in [0.2, 0.25) is 0 Å². The number of amides is 1. The molecule has 1 aliphatic heterocycles. The second-order valence-corrected chi connectivity index (χ2v) is 5.81. The van der Waals surface area contributed by atoms with Gasteiger partial charge in [0.1, 0.15) is 5.60 Å². The van der Waals surface area contributed by atoms with Gasteiger partial charge in [0.2, 0.25) is 0 Å².